The van der Waals surface area contributed by atoms with Crippen LogP contribution < -0.4 is 5.32 Å². The Morgan fingerprint density at radius 1 is 1.43 bits per heavy atom. The molecule has 0 aromatic heterocycles. The van der Waals surface area contributed by atoms with Gasteiger partial charge < -0.3 is 15.5 Å². The first-order valence-electron chi connectivity index (χ1n) is 4.57. The third-order valence-corrected chi connectivity index (χ3v) is 2.28. The number of aliphatic carboxylic acids is 1. The maximum atomic E-state index is 11.2. The number of carboxylic acids is 1. The summed E-state index contributed by atoms with van der Waals surface area (Å²) in [6.07, 6.45) is 0.341. The monoisotopic (exact) mass is 203 g/mol. The molecule has 0 bridgehead atoms. The van der Waals surface area contributed by atoms with Crippen LogP contribution in [0.4, 0.5) is 0 Å². The summed E-state index contributed by atoms with van der Waals surface area (Å²) < 4.78 is 0. The number of hydrogen-bond donors (Lipinski definition) is 3. The molecule has 14 heavy (non-hydrogen) atoms. The minimum absolute atomic E-state index is 0.0567. The highest BCUT2D eigenvalue weighted by atomic mass is 16.4. The molecule has 5 heteroatoms. The number of aliphatic hydroxyl groups excluding tert-OH is 1. The maximum absolute atomic E-state index is 11.2. The second kappa shape index (κ2) is 5.59. The largest absolute Gasteiger partial charge is 0.481 e. The molecule has 0 rings (SSSR count). The van der Waals surface area contributed by atoms with E-state index in [-0.39, 0.29) is 25.5 Å². The summed E-state index contributed by atoms with van der Waals surface area (Å²) in [6.45, 7) is 3.29. The minimum Gasteiger partial charge on any atom is -0.481 e. The lowest BCUT2D eigenvalue weighted by Gasteiger charge is -2.21. The summed E-state index contributed by atoms with van der Waals surface area (Å²) in [5.74, 6) is -1.31. The standard InChI is InChI=1S/C9H17NO4/c1-3-9(2,8(13)14)6-7(12)10-4-5-11/h11H,3-6H2,1-2H3,(H,10,12)(H,13,14). The SMILES string of the molecule is CCC(C)(CC(=O)NCCO)C(=O)O. The number of carbonyl (C=O) groups excluding carboxylic acids is 1. The van der Waals surface area contributed by atoms with Gasteiger partial charge in [0.2, 0.25) is 5.91 Å². The molecule has 5 nitrogen and oxygen atoms in total. The average molecular weight is 203 g/mol. The van der Waals surface area contributed by atoms with Crippen LogP contribution in [-0.2, 0) is 9.59 Å². The van der Waals surface area contributed by atoms with Gasteiger partial charge in [-0.2, -0.15) is 0 Å². The fourth-order valence-electron chi connectivity index (χ4n) is 0.964. The highest BCUT2D eigenvalue weighted by Gasteiger charge is 2.33. The van der Waals surface area contributed by atoms with Crippen LogP contribution >= 0.6 is 0 Å². The van der Waals surface area contributed by atoms with Gasteiger partial charge in [-0.15, -0.1) is 0 Å². The second-order valence-corrected chi connectivity index (χ2v) is 3.47. The molecule has 3 N–H and O–H groups in total. The van der Waals surface area contributed by atoms with Crippen LogP contribution in [-0.4, -0.2) is 35.2 Å². The van der Waals surface area contributed by atoms with Crippen LogP contribution in [0.25, 0.3) is 0 Å². The lowest BCUT2D eigenvalue weighted by molar-refractivity contribution is -0.150. The maximum Gasteiger partial charge on any atom is 0.309 e. The molecule has 82 valence electrons. The van der Waals surface area contributed by atoms with Gasteiger partial charge in [-0.3, -0.25) is 9.59 Å². The zero-order valence-electron chi connectivity index (χ0n) is 8.54. The Kier molecular flexibility index (Phi) is 5.15. The van der Waals surface area contributed by atoms with Gasteiger partial charge in [-0.1, -0.05) is 6.92 Å². The predicted octanol–water partition coefficient (Wildman–Crippen LogP) is -0.0141. The second-order valence-electron chi connectivity index (χ2n) is 3.47. The van der Waals surface area contributed by atoms with Crippen LogP contribution in [0.1, 0.15) is 26.7 Å². The van der Waals surface area contributed by atoms with Crippen molar-refractivity contribution >= 4 is 11.9 Å². The van der Waals surface area contributed by atoms with E-state index in [1.807, 2.05) is 0 Å². The third-order valence-electron chi connectivity index (χ3n) is 2.28. The first-order valence-corrected chi connectivity index (χ1v) is 4.57. The summed E-state index contributed by atoms with van der Waals surface area (Å²) in [7, 11) is 0. The van der Waals surface area contributed by atoms with Gasteiger partial charge in [0, 0.05) is 13.0 Å². The van der Waals surface area contributed by atoms with Crippen LogP contribution in [0.2, 0.25) is 0 Å². The van der Waals surface area contributed by atoms with Gasteiger partial charge in [0.05, 0.1) is 12.0 Å². The molecule has 0 fully saturated rings. The number of amides is 1. The van der Waals surface area contributed by atoms with Crippen molar-refractivity contribution in [2.75, 3.05) is 13.2 Å². The fourth-order valence-corrected chi connectivity index (χ4v) is 0.964. The van der Waals surface area contributed by atoms with E-state index < -0.39 is 11.4 Å². The quantitative estimate of drug-likeness (QED) is 0.566. The number of carbonyl (C=O) groups is 2. The number of aliphatic hydroxyl groups is 1. The van der Waals surface area contributed by atoms with E-state index in [9.17, 15) is 9.59 Å². The molecule has 0 aromatic rings. The normalized spacial score (nSPS) is 14.5. The van der Waals surface area contributed by atoms with E-state index in [2.05, 4.69) is 5.32 Å². The molecule has 0 saturated heterocycles. The Bertz CT molecular complexity index is 217. The molecular weight excluding hydrogens is 186 g/mol. The number of carboxylic acid groups (broad SMARTS) is 1. The Morgan fingerprint density at radius 3 is 2.36 bits per heavy atom. The lowest BCUT2D eigenvalue weighted by atomic mass is 9.84. The highest BCUT2D eigenvalue weighted by Crippen LogP contribution is 2.25. The molecule has 0 spiro atoms. The Labute approximate surface area is 83.1 Å². The molecule has 0 aliphatic rings. The van der Waals surface area contributed by atoms with E-state index in [1.54, 1.807) is 6.92 Å². The zero-order valence-corrected chi connectivity index (χ0v) is 8.54. The van der Waals surface area contributed by atoms with Gasteiger partial charge in [0.1, 0.15) is 0 Å². The van der Waals surface area contributed by atoms with Crippen LogP contribution in [0.5, 0.6) is 0 Å². The van der Waals surface area contributed by atoms with E-state index in [4.69, 9.17) is 10.2 Å². The van der Waals surface area contributed by atoms with Gasteiger partial charge in [0.15, 0.2) is 0 Å². The van der Waals surface area contributed by atoms with Crippen molar-refractivity contribution in [3.63, 3.8) is 0 Å². The Balaban J connectivity index is 4.18. The smallest absolute Gasteiger partial charge is 0.309 e. The Morgan fingerprint density at radius 2 is 2.00 bits per heavy atom. The average Bonchev–Trinajstić information content (AvgIpc) is 2.14. The van der Waals surface area contributed by atoms with Gasteiger partial charge in [0.25, 0.3) is 0 Å². The van der Waals surface area contributed by atoms with Crippen molar-refractivity contribution in [3.8, 4) is 0 Å². The van der Waals surface area contributed by atoms with Crippen molar-refractivity contribution in [3.05, 3.63) is 0 Å². The molecule has 0 radical (unpaired) electrons. The molecule has 0 aliphatic carbocycles. The lowest BCUT2D eigenvalue weighted by Crippen LogP contribution is -2.36. The van der Waals surface area contributed by atoms with Crippen molar-refractivity contribution in [1.82, 2.24) is 5.32 Å². The number of nitrogens with one attached hydrogen (secondary N) is 1. The molecule has 0 heterocycles. The summed E-state index contributed by atoms with van der Waals surface area (Å²) in [4.78, 5) is 22.0. The van der Waals surface area contributed by atoms with Crippen molar-refractivity contribution in [1.29, 1.82) is 0 Å². The van der Waals surface area contributed by atoms with E-state index in [1.165, 1.54) is 6.92 Å². The molecule has 1 amide bonds. The molecule has 0 aromatic carbocycles. The molecule has 1 unspecified atom stereocenters. The van der Waals surface area contributed by atoms with Crippen LogP contribution in [0.15, 0.2) is 0 Å². The van der Waals surface area contributed by atoms with Gasteiger partial charge in [-0.25, -0.2) is 0 Å². The molecule has 0 saturated carbocycles. The van der Waals surface area contributed by atoms with E-state index in [0.717, 1.165) is 0 Å². The van der Waals surface area contributed by atoms with Gasteiger partial charge >= 0.3 is 5.97 Å². The van der Waals surface area contributed by atoms with E-state index in [0.29, 0.717) is 6.42 Å². The first kappa shape index (κ1) is 12.9. The molecule has 0 aliphatic heterocycles. The minimum atomic E-state index is -1.01. The molecular formula is C9H17NO4. The predicted molar refractivity (Wildman–Crippen MR) is 50.7 cm³/mol. The number of hydrogen-bond acceptors (Lipinski definition) is 3. The summed E-state index contributed by atoms with van der Waals surface area (Å²) >= 11 is 0. The summed E-state index contributed by atoms with van der Waals surface area (Å²) in [5.41, 5.74) is -1.01. The number of rotatable bonds is 6. The van der Waals surface area contributed by atoms with Crippen molar-refractivity contribution in [2.24, 2.45) is 5.41 Å². The summed E-state index contributed by atoms with van der Waals surface area (Å²) in [5, 5.41) is 19.8. The van der Waals surface area contributed by atoms with Crippen molar-refractivity contribution in [2.45, 2.75) is 26.7 Å². The van der Waals surface area contributed by atoms with Gasteiger partial charge in [-0.05, 0) is 13.3 Å². The first-order chi connectivity index (χ1) is 6.46. The van der Waals surface area contributed by atoms with Crippen LogP contribution in [0, 0.1) is 5.41 Å². The fraction of sp³-hybridized carbons (Fsp3) is 0.778. The van der Waals surface area contributed by atoms with Crippen molar-refractivity contribution < 1.29 is 19.8 Å². The highest BCUT2D eigenvalue weighted by molar-refractivity contribution is 5.84. The van der Waals surface area contributed by atoms with E-state index >= 15 is 0 Å². The third kappa shape index (κ3) is 3.74. The Hall–Kier alpha value is -1.10. The zero-order chi connectivity index (χ0) is 11.2. The topological polar surface area (TPSA) is 86.6 Å². The van der Waals surface area contributed by atoms with Crippen LogP contribution in [0.3, 0.4) is 0 Å². The summed E-state index contributed by atoms with van der Waals surface area (Å²) in [6, 6.07) is 0. The molecule has 1 atom stereocenters.